The number of allylic oxidation sites excluding steroid dienone is 2. The van der Waals surface area contributed by atoms with Crippen LogP contribution in [0.1, 0.15) is 53.1 Å². The van der Waals surface area contributed by atoms with E-state index < -0.39 is 0 Å². The molecule has 0 saturated carbocycles. The number of benzene rings is 4. The molecule has 1 heterocycles. The van der Waals surface area contributed by atoms with Crippen LogP contribution in [0.5, 0.6) is 11.5 Å². The number of nitrogens with one attached hydrogen (secondary N) is 1. The normalized spacial score (nSPS) is 19.2. The lowest BCUT2D eigenvalue weighted by Crippen LogP contribution is -2.29. The summed E-state index contributed by atoms with van der Waals surface area (Å²) >= 11 is 3.68. The predicted octanol–water partition coefficient (Wildman–Crippen LogP) is 9.31. The number of aryl methyl sites for hydroxylation is 1. The zero-order valence-electron chi connectivity index (χ0n) is 22.8. The van der Waals surface area contributed by atoms with Crippen molar-refractivity contribution in [2.24, 2.45) is 10.9 Å². The zero-order chi connectivity index (χ0) is 27.5. The van der Waals surface area contributed by atoms with Crippen LogP contribution in [0.15, 0.2) is 107 Å². The first kappa shape index (κ1) is 26.4. The zero-order valence-corrected chi connectivity index (χ0v) is 24.4. The minimum Gasteiger partial charge on any atom is -0.490 e. The van der Waals surface area contributed by atoms with Crippen LogP contribution in [0.3, 0.4) is 0 Å². The molecule has 6 rings (SSSR count). The van der Waals surface area contributed by atoms with Crippen LogP contribution >= 0.6 is 15.9 Å². The Bertz CT molecular complexity index is 1550. The van der Waals surface area contributed by atoms with Gasteiger partial charge < -0.3 is 14.8 Å². The first-order valence-electron chi connectivity index (χ1n) is 13.9. The number of halogens is 1. The van der Waals surface area contributed by atoms with Crippen LogP contribution < -0.4 is 14.8 Å². The van der Waals surface area contributed by atoms with Gasteiger partial charge in [-0.1, -0.05) is 72.3 Å². The average molecular weight is 594 g/mol. The van der Waals surface area contributed by atoms with Gasteiger partial charge in [0.1, 0.15) is 6.61 Å². The molecule has 202 valence electrons. The average Bonchev–Trinajstić information content (AvgIpc) is 3.47. The van der Waals surface area contributed by atoms with Crippen molar-refractivity contribution in [1.29, 1.82) is 0 Å². The largest absolute Gasteiger partial charge is 0.490 e. The highest BCUT2D eigenvalue weighted by atomic mass is 79.9. The monoisotopic (exact) mass is 592 g/mol. The Hall–Kier alpha value is -3.83. The number of rotatable bonds is 8. The Morgan fingerprint density at radius 1 is 0.975 bits per heavy atom. The molecule has 4 aromatic rings. The Morgan fingerprint density at radius 3 is 2.60 bits per heavy atom. The molecule has 40 heavy (non-hydrogen) atoms. The van der Waals surface area contributed by atoms with E-state index in [1.165, 1.54) is 22.4 Å². The number of nitrogens with zero attached hydrogens (tertiary/aromatic N) is 1. The molecule has 4 aromatic carbocycles. The van der Waals surface area contributed by atoms with E-state index in [1.807, 2.05) is 55.6 Å². The van der Waals surface area contributed by atoms with E-state index in [2.05, 4.69) is 82.8 Å². The summed E-state index contributed by atoms with van der Waals surface area (Å²) in [4.78, 5) is 4.77. The van der Waals surface area contributed by atoms with E-state index in [9.17, 15) is 0 Å². The second-order valence-corrected chi connectivity index (χ2v) is 11.3. The van der Waals surface area contributed by atoms with Gasteiger partial charge in [0.15, 0.2) is 11.5 Å². The standard InChI is InChI=1S/C35H33BrN2O2/c1-3-39-33-20-25(19-31(36)35(33)40-22-24-8-5-4-6-9-24)21-37-27-15-13-26(14-16-27)34-29-11-7-10-28(29)30-18-23(2)12-17-32(30)38-34/h4-10,12-21,28-29,34,38H,3,11,22H2,1-2H3/t28-,29+,34-/m0/s1. The van der Waals surface area contributed by atoms with E-state index in [1.54, 1.807) is 0 Å². The SMILES string of the molecule is CCOc1cc(C=Nc2ccc([C@@H]3Nc4ccc(C)cc4[C@H]4C=CC[C@H]43)cc2)cc(Br)c1OCc1ccccc1. The molecule has 0 radical (unpaired) electrons. The Morgan fingerprint density at radius 2 is 1.80 bits per heavy atom. The quantitative estimate of drug-likeness (QED) is 0.164. The summed E-state index contributed by atoms with van der Waals surface area (Å²) in [5.41, 5.74) is 8.23. The topological polar surface area (TPSA) is 42.8 Å². The number of hydrogen-bond acceptors (Lipinski definition) is 4. The van der Waals surface area contributed by atoms with Gasteiger partial charge in [0.2, 0.25) is 0 Å². The molecule has 3 atom stereocenters. The van der Waals surface area contributed by atoms with Crippen LogP contribution in [-0.2, 0) is 6.61 Å². The van der Waals surface area contributed by atoms with Crippen molar-refractivity contribution >= 4 is 33.5 Å². The van der Waals surface area contributed by atoms with Crippen LogP contribution in [-0.4, -0.2) is 12.8 Å². The van der Waals surface area contributed by atoms with Gasteiger partial charge in [-0.15, -0.1) is 0 Å². The van der Waals surface area contributed by atoms with Gasteiger partial charge in [0.25, 0.3) is 0 Å². The van der Waals surface area contributed by atoms with Crippen LogP contribution in [0.25, 0.3) is 0 Å². The Kier molecular flexibility index (Phi) is 7.74. The van der Waals surface area contributed by atoms with Crippen molar-refractivity contribution < 1.29 is 9.47 Å². The number of hydrogen-bond donors (Lipinski definition) is 1. The smallest absolute Gasteiger partial charge is 0.175 e. The molecule has 1 aliphatic carbocycles. The number of anilines is 1. The third-order valence-electron chi connectivity index (χ3n) is 7.69. The first-order chi connectivity index (χ1) is 19.6. The van der Waals surface area contributed by atoms with Crippen molar-refractivity contribution in [1.82, 2.24) is 0 Å². The van der Waals surface area contributed by atoms with Crippen LogP contribution in [0.2, 0.25) is 0 Å². The maximum absolute atomic E-state index is 6.13. The molecule has 0 spiro atoms. The molecule has 0 amide bonds. The summed E-state index contributed by atoms with van der Waals surface area (Å²) in [6.07, 6.45) is 7.70. The lowest BCUT2D eigenvalue weighted by atomic mass is 9.76. The summed E-state index contributed by atoms with van der Waals surface area (Å²) in [7, 11) is 0. The highest BCUT2D eigenvalue weighted by Gasteiger charge is 2.37. The molecular weight excluding hydrogens is 560 g/mol. The van der Waals surface area contributed by atoms with E-state index in [-0.39, 0.29) is 6.04 Å². The molecule has 4 nitrogen and oxygen atoms in total. The second kappa shape index (κ2) is 11.7. The molecule has 0 unspecified atom stereocenters. The van der Waals surface area contributed by atoms with E-state index in [0.29, 0.717) is 36.5 Å². The summed E-state index contributed by atoms with van der Waals surface area (Å²) in [5, 5.41) is 3.83. The minimum absolute atomic E-state index is 0.279. The molecule has 1 aliphatic heterocycles. The Balaban J connectivity index is 1.18. The highest BCUT2D eigenvalue weighted by molar-refractivity contribution is 9.10. The third-order valence-corrected chi connectivity index (χ3v) is 8.28. The third kappa shape index (κ3) is 5.57. The van der Waals surface area contributed by atoms with Crippen molar-refractivity contribution in [3.05, 3.63) is 129 Å². The molecule has 5 heteroatoms. The van der Waals surface area contributed by atoms with Crippen molar-refractivity contribution in [3.63, 3.8) is 0 Å². The van der Waals surface area contributed by atoms with Crippen molar-refractivity contribution in [2.75, 3.05) is 11.9 Å². The molecule has 0 fully saturated rings. The first-order valence-corrected chi connectivity index (χ1v) is 14.7. The van der Waals surface area contributed by atoms with Gasteiger partial charge in [-0.25, -0.2) is 0 Å². The van der Waals surface area contributed by atoms with Gasteiger partial charge in [0, 0.05) is 17.8 Å². The van der Waals surface area contributed by atoms with E-state index in [4.69, 9.17) is 14.5 Å². The summed E-state index contributed by atoms with van der Waals surface area (Å²) in [6, 6.07) is 29.8. The van der Waals surface area contributed by atoms with Gasteiger partial charge >= 0.3 is 0 Å². The lowest BCUT2D eigenvalue weighted by molar-refractivity contribution is 0.267. The van der Waals surface area contributed by atoms with Crippen molar-refractivity contribution in [2.45, 2.75) is 38.8 Å². The number of ether oxygens (including phenoxy) is 2. The minimum atomic E-state index is 0.279. The fraction of sp³-hybridized carbons (Fsp3) is 0.229. The molecular formula is C35H33BrN2O2. The molecule has 0 bridgehead atoms. The van der Waals surface area contributed by atoms with Gasteiger partial charge in [-0.3, -0.25) is 4.99 Å². The molecule has 1 N–H and O–H groups in total. The number of aliphatic imine (C=N–C) groups is 1. The van der Waals surface area contributed by atoms with Crippen LogP contribution in [0, 0.1) is 12.8 Å². The van der Waals surface area contributed by atoms with Gasteiger partial charge in [-0.05, 0) is 94.7 Å². The van der Waals surface area contributed by atoms with Crippen molar-refractivity contribution in [3.8, 4) is 11.5 Å². The fourth-order valence-corrected chi connectivity index (χ4v) is 6.33. The summed E-state index contributed by atoms with van der Waals surface area (Å²) < 4.78 is 12.9. The molecule has 0 saturated heterocycles. The molecule has 2 aliphatic rings. The van der Waals surface area contributed by atoms with Crippen LogP contribution in [0.4, 0.5) is 11.4 Å². The van der Waals surface area contributed by atoms with E-state index >= 15 is 0 Å². The van der Waals surface area contributed by atoms with E-state index in [0.717, 1.165) is 27.7 Å². The predicted molar refractivity (Wildman–Crippen MR) is 167 cm³/mol. The summed E-state index contributed by atoms with van der Waals surface area (Å²) in [5.74, 6) is 2.39. The highest BCUT2D eigenvalue weighted by Crippen LogP contribution is 2.50. The maximum atomic E-state index is 6.13. The number of fused-ring (bicyclic) bond motifs is 3. The lowest BCUT2D eigenvalue weighted by Gasteiger charge is -2.37. The van der Waals surface area contributed by atoms with Gasteiger partial charge in [-0.2, -0.15) is 0 Å². The second-order valence-electron chi connectivity index (χ2n) is 10.5. The summed E-state index contributed by atoms with van der Waals surface area (Å²) in [6.45, 7) is 5.16. The fourth-order valence-electron chi connectivity index (χ4n) is 5.76. The molecule has 0 aromatic heterocycles. The Labute approximate surface area is 244 Å². The maximum Gasteiger partial charge on any atom is 0.175 e. The van der Waals surface area contributed by atoms with Gasteiger partial charge in [0.05, 0.1) is 22.8 Å².